The summed E-state index contributed by atoms with van der Waals surface area (Å²) in [6, 6.07) is 0. The van der Waals surface area contributed by atoms with Gasteiger partial charge in [0.2, 0.25) is 0 Å². The molecule has 4 nitrogen and oxygen atoms in total. The minimum atomic E-state index is -2.87. The Labute approximate surface area is 72.5 Å². The van der Waals surface area contributed by atoms with Gasteiger partial charge in [-0.3, -0.25) is 0 Å². The fraction of sp³-hybridized carbons (Fsp3) is 1.00. The summed E-state index contributed by atoms with van der Waals surface area (Å²) in [5.74, 6) is 0.186. The first-order chi connectivity index (χ1) is 5.55. The van der Waals surface area contributed by atoms with Crippen molar-refractivity contribution in [3.05, 3.63) is 0 Å². The lowest BCUT2D eigenvalue weighted by Crippen LogP contribution is -2.26. The molecule has 1 aliphatic rings. The van der Waals surface area contributed by atoms with Crippen molar-refractivity contribution in [2.24, 2.45) is 5.92 Å². The second-order valence-corrected chi connectivity index (χ2v) is 5.41. The smallest absolute Gasteiger partial charge is 0.150 e. The average molecular weight is 194 g/mol. The van der Waals surface area contributed by atoms with Crippen LogP contribution >= 0.6 is 0 Å². The standard InChI is InChI=1S/C7H14O4S/c1-11-4-7(8)6-2-3-12(9,10)5-6/h6-8H,2-5H2,1H3. The number of sulfone groups is 1. The lowest BCUT2D eigenvalue weighted by Gasteiger charge is -2.14. The fourth-order valence-corrected chi connectivity index (χ4v) is 3.30. The molecule has 0 saturated carbocycles. The highest BCUT2D eigenvalue weighted by Gasteiger charge is 2.32. The van der Waals surface area contributed by atoms with E-state index >= 15 is 0 Å². The summed E-state index contributed by atoms with van der Waals surface area (Å²) in [6.07, 6.45) is -0.0698. The van der Waals surface area contributed by atoms with Gasteiger partial charge in [-0.2, -0.15) is 0 Å². The van der Waals surface area contributed by atoms with E-state index in [2.05, 4.69) is 0 Å². The number of hydrogen-bond acceptors (Lipinski definition) is 4. The average Bonchev–Trinajstić information content (AvgIpc) is 2.31. The molecule has 0 radical (unpaired) electrons. The number of aliphatic hydroxyl groups excluding tert-OH is 1. The SMILES string of the molecule is COCC(O)C1CCS(=O)(=O)C1. The lowest BCUT2D eigenvalue weighted by atomic mass is 10.0. The molecule has 0 bridgehead atoms. The van der Waals surface area contributed by atoms with Crippen LogP contribution in [0.4, 0.5) is 0 Å². The van der Waals surface area contributed by atoms with Crippen molar-refractivity contribution in [2.75, 3.05) is 25.2 Å². The molecule has 1 fully saturated rings. The van der Waals surface area contributed by atoms with Crippen LogP contribution in [0.2, 0.25) is 0 Å². The summed E-state index contributed by atoms with van der Waals surface area (Å²) in [4.78, 5) is 0. The third-order valence-corrected chi connectivity index (χ3v) is 3.94. The first-order valence-corrected chi connectivity index (χ1v) is 5.75. The van der Waals surface area contributed by atoms with Gasteiger partial charge in [0, 0.05) is 13.0 Å². The minimum absolute atomic E-state index is 0.109. The summed E-state index contributed by atoms with van der Waals surface area (Å²) in [6.45, 7) is 0.222. The van der Waals surface area contributed by atoms with Crippen molar-refractivity contribution in [1.29, 1.82) is 0 Å². The van der Waals surface area contributed by atoms with Crippen LogP contribution in [0.5, 0.6) is 0 Å². The van der Waals surface area contributed by atoms with E-state index < -0.39 is 15.9 Å². The van der Waals surface area contributed by atoms with Crippen molar-refractivity contribution in [2.45, 2.75) is 12.5 Å². The largest absolute Gasteiger partial charge is 0.390 e. The third-order valence-electron chi connectivity index (χ3n) is 2.15. The van der Waals surface area contributed by atoms with Crippen LogP contribution < -0.4 is 0 Å². The Morgan fingerprint density at radius 2 is 2.33 bits per heavy atom. The van der Waals surface area contributed by atoms with Gasteiger partial charge >= 0.3 is 0 Å². The van der Waals surface area contributed by atoms with Gasteiger partial charge in [-0.15, -0.1) is 0 Å². The van der Waals surface area contributed by atoms with E-state index in [1.165, 1.54) is 7.11 Å². The van der Waals surface area contributed by atoms with Crippen molar-refractivity contribution >= 4 is 9.84 Å². The molecular weight excluding hydrogens is 180 g/mol. The van der Waals surface area contributed by atoms with Crippen LogP contribution in [0.15, 0.2) is 0 Å². The molecule has 1 aliphatic heterocycles. The lowest BCUT2D eigenvalue weighted by molar-refractivity contribution is 0.0325. The number of methoxy groups -OCH3 is 1. The number of ether oxygens (including phenoxy) is 1. The van der Waals surface area contributed by atoms with E-state index in [0.717, 1.165) is 0 Å². The number of aliphatic hydroxyl groups is 1. The van der Waals surface area contributed by atoms with Crippen LogP contribution in [0.3, 0.4) is 0 Å². The molecule has 1 N–H and O–H groups in total. The molecule has 1 rings (SSSR count). The maximum atomic E-state index is 11.0. The van der Waals surface area contributed by atoms with Gasteiger partial charge in [-0.1, -0.05) is 0 Å². The van der Waals surface area contributed by atoms with Crippen molar-refractivity contribution in [1.82, 2.24) is 0 Å². The fourth-order valence-electron chi connectivity index (χ4n) is 1.43. The van der Waals surface area contributed by atoms with Crippen LogP contribution in [0.25, 0.3) is 0 Å². The van der Waals surface area contributed by atoms with Crippen LogP contribution in [-0.2, 0) is 14.6 Å². The second kappa shape index (κ2) is 3.72. The van der Waals surface area contributed by atoms with E-state index in [1.54, 1.807) is 0 Å². The van der Waals surface area contributed by atoms with Gasteiger partial charge in [0.25, 0.3) is 0 Å². The molecule has 0 amide bonds. The first kappa shape index (κ1) is 9.95. The van der Waals surface area contributed by atoms with Crippen molar-refractivity contribution in [3.63, 3.8) is 0 Å². The zero-order valence-electron chi connectivity index (χ0n) is 7.06. The zero-order chi connectivity index (χ0) is 9.19. The highest BCUT2D eigenvalue weighted by Crippen LogP contribution is 2.21. The normalized spacial score (nSPS) is 30.3. The molecular formula is C7H14O4S. The Hall–Kier alpha value is -0.130. The number of hydrogen-bond donors (Lipinski definition) is 1. The summed E-state index contributed by atoms with van der Waals surface area (Å²) < 4.78 is 26.7. The molecule has 0 aromatic carbocycles. The Balaban J connectivity index is 2.46. The Morgan fingerprint density at radius 3 is 2.75 bits per heavy atom. The maximum absolute atomic E-state index is 11.0. The van der Waals surface area contributed by atoms with Gasteiger partial charge in [-0.25, -0.2) is 8.42 Å². The predicted octanol–water partition coefficient (Wildman–Crippen LogP) is -0.572. The highest BCUT2D eigenvalue weighted by atomic mass is 32.2. The van der Waals surface area contributed by atoms with Crippen LogP contribution in [-0.4, -0.2) is 44.9 Å². The first-order valence-electron chi connectivity index (χ1n) is 3.92. The van der Waals surface area contributed by atoms with Gasteiger partial charge in [-0.05, 0) is 6.42 Å². The van der Waals surface area contributed by atoms with E-state index in [-0.39, 0.29) is 24.0 Å². The van der Waals surface area contributed by atoms with Crippen LogP contribution in [0.1, 0.15) is 6.42 Å². The minimum Gasteiger partial charge on any atom is -0.390 e. The summed E-state index contributed by atoms with van der Waals surface area (Å²) in [7, 11) is -1.38. The summed E-state index contributed by atoms with van der Waals surface area (Å²) in [5, 5.41) is 9.39. The Kier molecular flexibility index (Phi) is 3.09. The van der Waals surface area contributed by atoms with Crippen molar-refractivity contribution < 1.29 is 18.3 Å². The quantitative estimate of drug-likeness (QED) is 0.653. The van der Waals surface area contributed by atoms with Crippen molar-refractivity contribution in [3.8, 4) is 0 Å². The van der Waals surface area contributed by atoms with E-state index in [4.69, 9.17) is 4.74 Å². The number of rotatable bonds is 3. The predicted molar refractivity (Wildman–Crippen MR) is 44.6 cm³/mol. The molecule has 72 valence electrons. The van der Waals surface area contributed by atoms with Crippen LogP contribution in [0, 0.1) is 5.92 Å². The third kappa shape index (κ3) is 2.43. The molecule has 1 heterocycles. The van der Waals surface area contributed by atoms with E-state index in [9.17, 15) is 13.5 Å². The van der Waals surface area contributed by atoms with Gasteiger partial charge in [0.1, 0.15) is 0 Å². The molecule has 12 heavy (non-hydrogen) atoms. The maximum Gasteiger partial charge on any atom is 0.150 e. The zero-order valence-corrected chi connectivity index (χ0v) is 7.88. The molecule has 0 spiro atoms. The molecule has 0 aliphatic carbocycles. The summed E-state index contributed by atoms with van der Waals surface area (Å²) >= 11 is 0. The van der Waals surface area contributed by atoms with Gasteiger partial charge < -0.3 is 9.84 Å². The Bertz CT molecular complexity index is 234. The second-order valence-electron chi connectivity index (χ2n) is 3.19. The highest BCUT2D eigenvalue weighted by molar-refractivity contribution is 7.91. The monoisotopic (exact) mass is 194 g/mol. The van der Waals surface area contributed by atoms with Gasteiger partial charge in [0.05, 0.1) is 24.2 Å². The van der Waals surface area contributed by atoms with E-state index in [0.29, 0.717) is 6.42 Å². The molecule has 0 aromatic heterocycles. The molecule has 1 saturated heterocycles. The van der Waals surface area contributed by atoms with Gasteiger partial charge in [0.15, 0.2) is 9.84 Å². The van der Waals surface area contributed by atoms with E-state index in [1.807, 2.05) is 0 Å². The Morgan fingerprint density at radius 1 is 1.67 bits per heavy atom. The molecule has 2 unspecified atom stereocenters. The molecule has 2 atom stereocenters. The topological polar surface area (TPSA) is 63.6 Å². The molecule has 5 heteroatoms. The summed E-state index contributed by atoms with van der Waals surface area (Å²) in [5.41, 5.74) is 0. The molecule has 0 aromatic rings.